The molecule has 4 atom stereocenters. The lowest BCUT2D eigenvalue weighted by Crippen LogP contribution is -2.56. The van der Waals surface area contributed by atoms with Crippen LogP contribution in [0.25, 0.3) is 4.85 Å². The Morgan fingerprint density at radius 1 is 1.25 bits per heavy atom. The van der Waals surface area contributed by atoms with Crippen molar-refractivity contribution in [2.24, 2.45) is 22.2 Å². The molecule has 1 fully saturated rings. The largest absolute Gasteiger partial charge is 0.380 e. The van der Waals surface area contributed by atoms with Crippen LogP contribution in [0.4, 0.5) is 0 Å². The van der Waals surface area contributed by atoms with Crippen LogP contribution in [0.2, 0.25) is 0 Å². The number of carbonyl (C=O) groups excluding carboxylic acids is 2. The number of Topliss-reactive ketones (excluding diaryl/α,β-unsaturated/α-hetero) is 1. The first-order valence-corrected chi connectivity index (χ1v) is 8.54. The van der Waals surface area contributed by atoms with Gasteiger partial charge in [0.05, 0.1) is 12.7 Å². The molecule has 0 N–H and O–H groups in total. The molecular formula is C20H25NO3. The summed E-state index contributed by atoms with van der Waals surface area (Å²) >= 11 is 0. The van der Waals surface area contributed by atoms with E-state index in [1.807, 2.05) is 19.9 Å². The predicted octanol–water partition coefficient (Wildman–Crippen LogP) is 3.74. The van der Waals surface area contributed by atoms with E-state index in [0.717, 1.165) is 18.4 Å². The van der Waals surface area contributed by atoms with E-state index in [2.05, 4.69) is 18.7 Å². The van der Waals surface area contributed by atoms with E-state index in [0.29, 0.717) is 6.42 Å². The quantitative estimate of drug-likeness (QED) is 0.689. The van der Waals surface area contributed by atoms with Crippen molar-refractivity contribution in [1.82, 2.24) is 0 Å². The number of nitrogens with zero attached hydrogens (tertiary/aromatic N) is 1. The fourth-order valence-corrected chi connectivity index (χ4v) is 5.52. The molecule has 0 saturated heterocycles. The smallest absolute Gasteiger partial charge is 0.226 e. The molecule has 1 saturated carbocycles. The Labute approximate surface area is 143 Å². The summed E-state index contributed by atoms with van der Waals surface area (Å²) in [6.07, 6.45) is 5.63. The molecule has 0 unspecified atom stereocenters. The van der Waals surface area contributed by atoms with Gasteiger partial charge in [-0.05, 0) is 30.4 Å². The topological polar surface area (TPSA) is 47.7 Å². The number of hydrogen-bond acceptors (Lipinski definition) is 3. The summed E-state index contributed by atoms with van der Waals surface area (Å²) in [6, 6.07) is 0. The maximum Gasteiger partial charge on any atom is 0.226 e. The van der Waals surface area contributed by atoms with Crippen molar-refractivity contribution in [3.8, 4) is 0 Å². The van der Waals surface area contributed by atoms with Crippen molar-refractivity contribution >= 4 is 11.6 Å². The lowest BCUT2D eigenvalue weighted by molar-refractivity contribution is -0.133. The summed E-state index contributed by atoms with van der Waals surface area (Å²) in [5.41, 5.74) is -0.0493. The molecule has 4 nitrogen and oxygen atoms in total. The number of rotatable bonds is 1. The third-order valence-corrected chi connectivity index (χ3v) is 6.80. The molecule has 0 amide bonds. The standard InChI is InChI=1S/C20H25NO3/c1-18(2)14-7-8-19(3)15(9-12(22)10-16(19)24-6)20(14,4)11-13(21-5)17(18)23/h9,11,14,16H,7-8,10H2,1-4,6H3/t14-,16+,19+,20-/m0/s1. The number of methoxy groups -OCH3 is 1. The first-order valence-electron chi connectivity index (χ1n) is 8.54. The summed E-state index contributed by atoms with van der Waals surface area (Å²) < 4.78 is 5.68. The summed E-state index contributed by atoms with van der Waals surface area (Å²) in [6.45, 7) is 15.6. The summed E-state index contributed by atoms with van der Waals surface area (Å²) in [5.74, 6) is 0.0870. The van der Waals surface area contributed by atoms with Crippen LogP contribution in [-0.2, 0) is 14.3 Å². The minimum Gasteiger partial charge on any atom is -0.380 e. The van der Waals surface area contributed by atoms with Gasteiger partial charge in [0, 0.05) is 29.8 Å². The van der Waals surface area contributed by atoms with Gasteiger partial charge in [-0.3, -0.25) is 4.79 Å². The highest BCUT2D eigenvalue weighted by Crippen LogP contribution is 2.64. The molecule has 0 aromatic rings. The molecule has 0 aromatic heterocycles. The maximum atomic E-state index is 12.7. The van der Waals surface area contributed by atoms with Gasteiger partial charge in [0.2, 0.25) is 5.70 Å². The first kappa shape index (κ1) is 17.1. The van der Waals surface area contributed by atoms with Crippen molar-refractivity contribution in [2.45, 2.75) is 53.1 Å². The fourth-order valence-electron chi connectivity index (χ4n) is 5.52. The van der Waals surface area contributed by atoms with Gasteiger partial charge in [-0.15, -0.1) is 0 Å². The van der Waals surface area contributed by atoms with Crippen molar-refractivity contribution in [3.63, 3.8) is 0 Å². The number of carbonyl (C=O) groups is 2. The van der Waals surface area contributed by atoms with Crippen LogP contribution in [0.15, 0.2) is 23.4 Å². The van der Waals surface area contributed by atoms with Crippen LogP contribution in [0.1, 0.15) is 47.0 Å². The van der Waals surface area contributed by atoms with Gasteiger partial charge in [0.25, 0.3) is 0 Å². The lowest BCUT2D eigenvalue weighted by Gasteiger charge is -2.59. The van der Waals surface area contributed by atoms with Gasteiger partial charge in [0.1, 0.15) is 0 Å². The molecule has 3 aliphatic carbocycles. The Morgan fingerprint density at radius 3 is 2.50 bits per heavy atom. The molecule has 128 valence electrons. The molecule has 24 heavy (non-hydrogen) atoms. The van der Waals surface area contributed by atoms with Gasteiger partial charge in [-0.25, -0.2) is 4.85 Å². The lowest BCUT2D eigenvalue weighted by atomic mass is 9.45. The molecule has 0 heterocycles. The molecule has 0 spiro atoms. The second kappa shape index (κ2) is 5.13. The van der Waals surface area contributed by atoms with E-state index in [4.69, 9.17) is 11.3 Å². The van der Waals surface area contributed by atoms with E-state index in [-0.39, 0.29) is 34.7 Å². The Bertz CT molecular complexity index is 724. The van der Waals surface area contributed by atoms with Gasteiger partial charge >= 0.3 is 0 Å². The van der Waals surface area contributed by atoms with E-state index < -0.39 is 10.8 Å². The minimum atomic E-state index is -0.603. The highest BCUT2D eigenvalue weighted by Gasteiger charge is 2.60. The molecule has 3 rings (SSSR count). The van der Waals surface area contributed by atoms with Crippen LogP contribution < -0.4 is 0 Å². The number of allylic oxidation sites excluding steroid dienone is 3. The van der Waals surface area contributed by atoms with Crippen LogP contribution >= 0.6 is 0 Å². The molecule has 4 heteroatoms. The molecular weight excluding hydrogens is 302 g/mol. The number of hydrogen-bond donors (Lipinski definition) is 0. The van der Waals surface area contributed by atoms with Crippen LogP contribution in [0, 0.1) is 28.7 Å². The summed E-state index contributed by atoms with van der Waals surface area (Å²) in [4.78, 5) is 28.5. The molecule has 0 radical (unpaired) electrons. The SMILES string of the molecule is [C-]#[N+]C1=C[C@]2(C)C3=CC(=O)C[C@@H](OC)[C@]3(C)CC[C@H]2C(C)(C)C1=O. The van der Waals surface area contributed by atoms with Crippen LogP contribution in [0.3, 0.4) is 0 Å². The average molecular weight is 327 g/mol. The van der Waals surface area contributed by atoms with E-state index in [9.17, 15) is 9.59 Å². The number of ether oxygens (including phenoxy) is 1. The Kier molecular flexibility index (Phi) is 3.66. The zero-order valence-electron chi connectivity index (χ0n) is 15.1. The Morgan fingerprint density at radius 2 is 1.92 bits per heavy atom. The average Bonchev–Trinajstić information content (AvgIpc) is 2.52. The highest BCUT2D eigenvalue weighted by atomic mass is 16.5. The summed E-state index contributed by atoms with van der Waals surface area (Å²) in [7, 11) is 1.66. The predicted molar refractivity (Wildman–Crippen MR) is 90.9 cm³/mol. The van der Waals surface area contributed by atoms with E-state index in [1.165, 1.54) is 0 Å². The Balaban J connectivity index is 2.25. The second-order valence-electron chi connectivity index (χ2n) is 8.44. The third-order valence-electron chi connectivity index (χ3n) is 6.80. The van der Waals surface area contributed by atoms with Gasteiger partial charge < -0.3 is 9.53 Å². The van der Waals surface area contributed by atoms with Crippen molar-refractivity contribution in [2.75, 3.05) is 7.11 Å². The van der Waals surface area contributed by atoms with Gasteiger partial charge in [-0.2, -0.15) is 0 Å². The van der Waals surface area contributed by atoms with Gasteiger partial charge in [0.15, 0.2) is 11.6 Å². The maximum absolute atomic E-state index is 12.7. The van der Waals surface area contributed by atoms with Crippen molar-refractivity contribution < 1.29 is 14.3 Å². The van der Waals surface area contributed by atoms with Crippen molar-refractivity contribution in [3.05, 3.63) is 34.8 Å². The highest BCUT2D eigenvalue weighted by molar-refractivity contribution is 6.03. The normalized spacial score (nSPS) is 40.8. The van der Waals surface area contributed by atoms with Crippen molar-refractivity contribution in [1.29, 1.82) is 0 Å². The van der Waals surface area contributed by atoms with E-state index in [1.54, 1.807) is 13.2 Å². The third kappa shape index (κ3) is 2.01. The second-order valence-corrected chi connectivity index (χ2v) is 8.44. The fraction of sp³-hybridized carbons (Fsp3) is 0.650. The zero-order chi connectivity index (χ0) is 17.9. The zero-order valence-corrected chi connectivity index (χ0v) is 15.1. The monoisotopic (exact) mass is 327 g/mol. The summed E-state index contributed by atoms with van der Waals surface area (Å²) in [5, 5.41) is 0. The molecule has 3 aliphatic rings. The molecule has 0 aromatic carbocycles. The Hall–Kier alpha value is -1.73. The molecule has 0 bridgehead atoms. The number of fused-ring (bicyclic) bond motifs is 3. The number of ketones is 2. The van der Waals surface area contributed by atoms with Crippen LogP contribution in [-0.4, -0.2) is 24.8 Å². The molecule has 0 aliphatic heterocycles. The minimum absolute atomic E-state index is 0.0728. The first-order chi connectivity index (χ1) is 11.1. The van der Waals surface area contributed by atoms with Gasteiger partial charge in [-0.1, -0.05) is 33.8 Å². The van der Waals surface area contributed by atoms with Crippen LogP contribution in [0.5, 0.6) is 0 Å². The van der Waals surface area contributed by atoms with E-state index >= 15 is 0 Å².